The summed E-state index contributed by atoms with van der Waals surface area (Å²) >= 11 is 0. The van der Waals surface area contributed by atoms with Gasteiger partial charge in [0.2, 0.25) is 0 Å². The summed E-state index contributed by atoms with van der Waals surface area (Å²) < 4.78 is 5.18. The van der Waals surface area contributed by atoms with Gasteiger partial charge in [-0.2, -0.15) is 0 Å². The van der Waals surface area contributed by atoms with Gasteiger partial charge >= 0.3 is 0 Å². The fourth-order valence-electron chi connectivity index (χ4n) is 2.48. The van der Waals surface area contributed by atoms with Crippen molar-refractivity contribution in [1.29, 1.82) is 0 Å². The predicted molar refractivity (Wildman–Crippen MR) is 92.2 cm³/mol. The molecule has 0 saturated carbocycles. The Kier molecular flexibility index (Phi) is 4.40. The number of ether oxygens (including phenoxy) is 1. The van der Waals surface area contributed by atoms with Crippen LogP contribution in [0.2, 0.25) is 0 Å². The van der Waals surface area contributed by atoms with E-state index in [-0.39, 0.29) is 0 Å². The molecule has 0 radical (unpaired) electrons. The smallest absolute Gasteiger partial charge is 0.119 e. The first-order valence-electron chi connectivity index (χ1n) is 7.38. The monoisotopic (exact) mass is 289 g/mol. The molecule has 2 heteroatoms. The van der Waals surface area contributed by atoms with Gasteiger partial charge in [0.25, 0.3) is 0 Å². The lowest BCUT2D eigenvalue weighted by Gasteiger charge is -2.12. The van der Waals surface area contributed by atoms with E-state index in [1.165, 1.54) is 16.7 Å². The van der Waals surface area contributed by atoms with Crippen LogP contribution in [0.4, 0.5) is 5.69 Å². The predicted octanol–water partition coefficient (Wildman–Crippen LogP) is 4.97. The molecule has 0 fully saturated rings. The standard InChI is InChI=1S/C20H19NO/c1-22-19-13-11-18(12-14-19)21-15-17-9-5-6-10-20(17)16-7-3-2-4-8-16/h2-14,21H,15H2,1H3. The van der Waals surface area contributed by atoms with Gasteiger partial charge in [0.15, 0.2) is 0 Å². The van der Waals surface area contributed by atoms with Crippen LogP contribution in [0.5, 0.6) is 5.75 Å². The molecule has 110 valence electrons. The number of benzene rings is 3. The van der Waals surface area contributed by atoms with E-state index in [2.05, 4.69) is 53.8 Å². The summed E-state index contributed by atoms with van der Waals surface area (Å²) in [5.74, 6) is 0.871. The summed E-state index contributed by atoms with van der Waals surface area (Å²) in [6, 6.07) is 27.0. The minimum absolute atomic E-state index is 0.789. The van der Waals surface area contributed by atoms with Crippen LogP contribution in [-0.4, -0.2) is 7.11 Å². The van der Waals surface area contributed by atoms with Crippen molar-refractivity contribution in [3.8, 4) is 16.9 Å². The van der Waals surface area contributed by atoms with Crippen LogP contribution in [0.3, 0.4) is 0 Å². The van der Waals surface area contributed by atoms with Gasteiger partial charge in [-0.25, -0.2) is 0 Å². The molecule has 0 amide bonds. The second-order valence-corrected chi connectivity index (χ2v) is 5.11. The van der Waals surface area contributed by atoms with Gasteiger partial charge in [-0.1, -0.05) is 54.6 Å². The van der Waals surface area contributed by atoms with Crippen molar-refractivity contribution in [2.24, 2.45) is 0 Å². The van der Waals surface area contributed by atoms with Crippen molar-refractivity contribution in [3.05, 3.63) is 84.4 Å². The molecule has 0 aromatic heterocycles. The number of nitrogens with one attached hydrogen (secondary N) is 1. The zero-order valence-electron chi connectivity index (χ0n) is 12.6. The van der Waals surface area contributed by atoms with Crippen LogP contribution >= 0.6 is 0 Å². The van der Waals surface area contributed by atoms with E-state index >= 15 is 0 Å². The summed E-state index contributed by atoms with van der Waals surface area (Å²) in [7, 11) is 1.68. The Hall–Kier alpha value is -2.74. The molecule has 3 aromatic rings. The van der Waals surface area contributed by atoms with Crippen LogP contribution in [0, 0.1) is 0 Å². The van der Waals surface area contributed by atoms with Gasteiger partial charge in [-0.15, -0.1) is 0 Å². The Morgan fingerprint density at radius 3 is 2.18 bits per heavy atom. The van der Waals surface area contributed by atoms with Crippen molar-refractivity contribution in [1.82, 2.24) is 0 Å². The molecule has 0 atom stereocenters. The van der Waals surface area contributed by atoms with Crippen molar-refractivity contribution in [2.75, 3.05) is 12.4 Å². The van der Waals surface area contributed by atoms with Crippen molar-refractivity contribution < 1.29 is 4.74 Å². The highest BCUT2D eigenvalue weighted by atomic mass is 16.5. The lowest BCUT2D eigenvalue weighted by Crippen LogP contribution is -2.01. The maximum absolute atomic E-state index is 5.18. The Morgan fingerprint density at radius 1 is 0.773 bits per heavy atom. The molecule has 0 saturated heterocycles. The Morgan fingerprint density at radius 2 is 1.45 bits per heavy atom. The maximum Gasteiger partial charge on any atom is 0.119 e. The highest BCUT2D eigenvalue weighted by molar-refractivity contribution is 5.67. The molecule has 3 aromatic carbocycles. The quantitative estimate of drug-likeness (QED) is 0.715. The number of hydrogen-bond acceptors (Lipinski definition) is 2. The average molecular weight is 289 g/mol. The SMILES string of the molecule is COc1ccc(NCc2ccccc2-c2ccccc2)cc1. The van der Waals surface area contributed by atoms with Gasteiger partial charge in [-0.3, -0.25) is 0 Å². The number of hydrogen-bond donors (Lipinski definition) is 1. The third kappa shape index (κ3) is 3.29. The molecule has 0 aliphatic carbocycles. The molecular formula is C20H19NO. The summed E-state index contributed by atoms with van der Waals surface area (Å²) in [4.78, 5) is 0. The van der Waals surface area contributed by atoms with Crippen LogP contribution in [-0.2, 0) is 6.54 Å². The first kappa shape index (κ1) is 14.2. The molecule has 0 aliphatic heterocycles. The van der Waals surface area contributed by atoms with Gasteiger partial charge in [0, 0.05) is 12.2 Å². The van der Waals surface area contributed by atoms with E-state index < -0.39 is 0 Å². The third-order valence-electron chi connectivity index (χ3n) is 3.68. The first-order valence-corrected chi connectivity index (χ1v) is 7.38. The maximum atomic E-state index is 5.18. The molecule has 2 nitrogen and oxygen atoms in total. The van der Waals surface area contributed by atoms with Crippen LogP contribution in [0.15, 0.2) is 78.9 Å². The van der Waals surface area contributed by atoms with Crippen LogP contribution < -0.4 is 10.1 Å². The summed E-state index contributed by atoms with van der Waals surface area (Å²) in [6.07, 6.45) is 0. The topological polar surface area (TPSA) is 21.3 Å². The van der Waals surface area contributed by atoms with Crippen molar-refractivity contribution in [3.63, 3.8) is 0 Å². The molecule has 1 N–H and O–H groups in total. The van der Waals surface area contributed by atoms with Gasteiger partial charge < -0.3 is 10.1 Å². The fourth-order valence-corrected chi connectivity index (χ4v) is 2.48. The van der Waals surface area contributed by atoms with E-state index in [4.69, 9.17) is 4.74 Å². The van der Waals surface area contributed by atoms with E-state index in [9.17, 15) is 0 Å². The lowest BCUT2D eigenvalue weighted by atomic mass is 10.00. The zero-order valence-corrected chi connectivity index (χ0v) is 12.6. The van der Waals surface area contributed by atoms with E-state index in [0.717, 1.165) is 18.0 Å². The first-order chi connectivity index (χ1) is 10.9. The fraction of sp³-hybridized carbons (Fsp3) is 0.100. The van der Waals surface area contributed by atoms with E-state index in [0.29, 0.717) is 0 Å². The molecule has 0 unspecified atom stereocenters. The van der Waals surface area contributed by atoms with Gasteiger partial charge in [-0.05, 0) is 41.0 Å². The Balaban J connectivity index is 1.78. The van der Waals surface area contributed by atoms with Crippen LogP contribution in [0.25, 0.3) is 11.1 Å². The average Bonchev–Trinajstić information content (AvgIpc) is 2.61. The highest BCUT2D eigenvalue weighted by Crippen LogP contribution is 2.24. The molecule has 0 aliphatic rings. The molecule has 3 rings (SSSR count). The lowest BCUT2D eigenvalue weighted by molar-refractivity contribution is 0.415. The van der Waals surface area contributed by atoms with Crippen molar-refractivity contribution in [2.45, 2.75) is 6.54 Å². The largest absolute Gasteiger partial charge is 0.497 e. The Bertz CT molecular complexity index is 720. The number of rotatable bonds is 5. The summed E-state index contributed by atoms with van der Waals surface area (Å²) in [6.45, 7) is 0.789. The normalized spacial score (nSPS) is 10.2. The van der Waals surface area contributed by atoms with Gasteiger partial charge in [0.1, 0.15) is 5.75 Å². The second-order valence-electron chi connectivity index (χ2n) is 5.11. The van der Waals surface area contributed by atoms with E-state index in [1.54, 1.807) is 7.11 Å². The van der Waals surface area contributed by atoms with E-state index in [1.807, 2.05) is 30.3 Å². The molecule has 0 spiro atoms. The molecule has 0 heterocycles. The summed E-state index contributed by atoms with van der Waals surface area (Å²) in [5.41, 5.74) is 4.88. The third-order valence-corrected chi connectivity index (χ3v) is 3.68. The van der Waals surface area contributed by atoms with Gasteiger partial charge in [0.05, 0.1) is 7.11 Å². The molecule has 0 bridgehead atoms. The highest BCUT2D eigenvalue weighted by Gasteiger charge is 2.04. The number of methoxy groups -OCH3 is 1. The number of anilines is 1. The second kappa shape index (κ2) is 6.81. The summed E-state index contributed by atoms with van der Waals surface area (Å²) in [5, 5.41) is 3.47. The Labute approximate surface area is 131 Å². The molecule has 22 heavy (non-hydrogen) atoms. The zero-order chi connectivity index (χ0) is 15.2. The molecular weight excluding hydrogens is 270 g/mol. The van der Waals surface area contributed by atoms with Crippen molar-refractivity contribution >= 4 is 5.69 Å². The minimum Gasteiger partial charge on any atom is -0.497 e. The minimum atomic E-state index is 0.789. The van der Waals surface area contributed by atoms with Crippen LogP contribution in [0.1, 0.15) is 5.56 Å².